The molecule has 5 nitrogen and oxygen atoms in total. The SMILES string of the molecule is CC(C)C(CNC(=O)c1occc1CN1C(=O)Cc2ccccc21)c1ccccc1. The quantitative estimate of drug-likeness (QED) is 0.631. The Kier molecular flexibility index (Phi) is 5.70. The van der Waals surface area contributed by atoms with Gasteiger partial charge >= 0.3 is 0 Å². The average Bonchev–Trinajstić information content (AvgIpc) is 3.33. The minimum Gasteiger partial charge on any atom is -0.459 e. The number of carbonyl (C=O) groups is 2. The summed E-state index contributed by atoms with van der Waals surface area (Å²) in [5.41, 5.74) is 3.82. The highest BCUT2D eigenvalue weighted by Crippen LogP contribution is 2.30. The van der Waals surface area contributed by atoms with E-state index in [1.807, 2.05) is 42.5 Å². The molecule has 1 atom stereocenters. The number of para-hydroxylation sites is 1. The smallest absolute Gasteiger partial charge is 0.287 e. The second-order valence-electron chi connectivity index (χ2n) is 8.03. The van der Waals surface area contributed by atoms with Crippen LogP contribution in [0.2, 0.25) is 0 Å². The van der Waals surface area contributed by atoms with E-state index < -0.39 is 0 Å². The van der Waals surface area contributed by atoms with Crippen LogP contribution in [-0.2, 0) is 17.8 Å². The zero-order valence-corrected chi connectivity index (χ0v) is 17.3. The van der Waals surface area contributed by atoms with Crippen molar-refractivity contribution >= 4 is 17.5 Å². The van der Waals surface area contributed by atoms with Gasteiger partial charge in [-0.25, -0.2) is 0 Å². The van der Waals surface area contributed by atoms with Crippen LogP contribution in [0.25, 0.3) is 0 Å². The molecular formula is C25H26N2O3. The summed E-state index contributed by atoms with van der Waals surface area (Å²) >= 11 is 0. The van der Waals surface area contributed by atoms with Crippen molar-refractivity contribution in [3.05, 3.63) is 89.4 Å². The molecule has 4 rings (SSSR count). The highest BCUT2D eigenvalue weighted by atomic mass is 16.3. The van der Waals surface area contributed by atoms with E-state index in [-0.39, 0.29) is 23.5 Å². The molecule has 2 aromatic carbocycles. The predicted octanol–water partition coefficient (Wildman–Crippen LogP) is 4.54. The molecule has 0 fully saturated rings. The number of hydrogen-bond acceptors (Lipinski definition) is 3. The minimum absolute atomic E-state index is 0.0349. The minimum atomic E-state index is -0.253. The summed E-state index contributed by atoms with van der Waals surface area (Å²) in [6.07, 6.45) is 1.90. The number of anilines is 1. The molecule has 2 heterocycles. The molecule has 0 saturated heterocycles. The first-order valence-electron chi connectivity index (χ1n) is 10.3. The maximum Gasteiger partial charge on any atom is 0.287 e. The first kappa shape index (κ1) is 20.0. The molecule has 0 spiro atoms. The molecule has 0 radical (unpaired) electrons. The summed E-state index contributed by atoms with van der Waals surface area (Å²) < 4.78 is 5.51. The zero-order chi connectivity index (χ0) is 21.1. The Morgan fingerprint density at radius 1 is 1.07 bits per heavy atom. The molecule has 0 bridgehead atoms. The van der Waals surface area contributed by atoms with E-state index in [9.17, 15) is 9.59 Å². The van der Waals surface area contributed by atoms with Crippen LogP contribution in [0.5, 0.6) is 0 Å². The molecule has 30 heavy (non-hydrogen) atoms. The Morgan fingerprint density at radius 3 is 2.57 bits per heavy atom. The van der Waals surface area contributed by atoms with Crippen LogP contribution in [0.4, 0.5) is 5.69 Å². The molecule has 154 valence electrons. The Hall–Kier alpha value is -3.34. The van der Waals surface area contributed by atoms with Crippen LogP contribution in [-0.4, -0.2) is 18.4 Å². The molecule has 1 aliphatic rings. The van der Waals surface area contributed by atoms with Gasteiger partial charge in [0.25, 0.3) is 5.91 Å². The Balaban J connectivity index is 1.47. The predicted molar refractivity (Wildman–Crippen MR) is 116 cm³/mol. The van der Waals surface area contributed by atoms with Crippen molar-refractivity contribution in [1.29, 1.82) is 0 Å². The van der Waals surface area contributed by atoms with Gasteiger partial charge in [-0.3, -0.25) is 9.59 Å². The molecule has 0 aliphatic carbocycles. The van der Waals surface area contributed by atoms with Crippen LogP contribution in [0, 0.1) is 5.92 Å². The van der Waals surface area contributed by atoms with Crippen molar-refractivity contribution in [3.63, 3.8) is 0 Å². The number of nitrogens with zero attached hydrogens (tertiary/aromatic N) is 1. The lowest BCUT2D eigenvalue weighted by Gasteiger charge is -2.22. The third-order valence-electron chi connectivity index (χ3n) is 5.72. The fraction of sp³-hybridized carbons (Fsp3) is 0.280. The van der Waals surface area contributed by atoms with Crippen molar-refractivity contribution < 1.29 is 14.0 Å². The third-order valence-corrected chi connectivity index (χ3v) is 5.72. The average molecular weight is 402 g/mol. The summed E-state index contributed by atoms with van der Waals surface area (Å²) in [5, 5.41) is 3.02. The topological polar surface area (TPSA) is 62.6 Å². The number of carbonyl (C=O) groups excluding carboxylic acids is 2. The van der Waals surface area contributed by atoms with Gasteiger partial charge in [0.15, 0.2) is 5.76 Å². The van der Waals surface area contributed by atoms with Crippen LogP contribution in [0.3, 0.4) is 0 Å². The number of furan rings is 1. The second-order valence-corrected chi connectivity index (χ2v) is 8.03. The van der Waals surface area contributed by atoms with E-state index in [0.29, 0.717) is 31.0 Å². The Bertz CT molecular complexity index is 1040. The lowest BCUT2D eigenvalue weighted by molar-refractivity contribution is -0.117. The fourth-order valence-corrected chi connectivity index (χ4v) is 4.04. The summed E-state index contributed by atoms with van der Waals surface area (Å²) in [4.78, 5) is 27.1. The molecule has 2 amide bonds. The number of benzene rings is 2. The molecule has 1 aromatic heterocycles. The third kappa shape index (κ3) is 4.01. The summed E-state index contributed by atoms with van der Waals surface area (Å²) in [5.74, 6) is 0.634. The van der Waals surface area contributed by atoms with Crippen molar-refractivity contribution in [2.45, 2.75) is 32.7 Å². The molecule has 1 aliphatic heterocycles. The molecule has 5 heteroatoms. The van der Waals surface area contributed by atoms with E-state index >= 15 is 0 Å². The summed E-state index contributed by atoms with van der Waals surface area (Å²) in [6.45, 7) is 5.14. The Morgan fingerprint density at radius 2 is 1.80 bits per heavy atom. The summed E-state index contributed by atoms with van der Waals surface area (Å²) in [6, 6.07) is 19.7. The fourth-order valence-electron chi connectivity index (χ4n) is 4.04. The standard InChI is InChI=1S/C25H26N2O3/c1-17(2)21(18-8-4-3-5-9-18)15-26-25(29)24-20(12-13-30-24)16-27-22-11-7-6-10-19(22)14-23(27)28/h3-13,17,21H,14-16H2,1-2H3,(H,26,29). The number of hydrogen-bond donors (Lipinski definition) is 1. The van der Waals surface area contributed by atoms with Gasteiger partial charge in [-0.1, -0.05) is 62.4 Å². The first-order chi connectivity index (χ1) is 14.5. The van der Waals surface area contributed by atoms with Gasteiger partial charge in [0.2, 0.25) is 5.91 Å². The Labute approximate surface area is 176 Å². The normalized spacial score (nSPS) is 14.1. The van der Waals surface area contributed by atoms with Crippen LogP contribution < -0.4 is 10.2 Å². The van der Waals surface area contributed by atoms with E-state index in [2.05, 4.69) is 31.3 Å². The van der Waals surface area contributed by atoms with E-state index in [1.165, 1.54) is 11.8 Å². The maximum atomic E-state index is 12.9. The van der Waals surface area contributed by atoms with Crippen molar-refractivity contribution in [2.24, 2.45) is 5.92 Å². The van der Waals surface area contributed by atoms with Gasteiger partial charge < -0.3 is 14.6 Å². The lowest BCUT2D eigenvalue weighted by atomic mass is 9.88. The van der Waals surface area contributed by atoms with Gasteiger partial charge in [-0.2, -0.15) is 0 Å². The van der Waals surface area contributed by atoms with E-state index in [0.717, 1.165) is 11.3 Å². The lowest BCUT2D eigenvalue weighted by Crippen LogP contribution is -2.32. The van der Waals surface area contributed by atoms with Gasteiger partial charge in [0.1, 0.15) is 0 Å². The highest BCUT2D eigenvalue weighted by molar-refractivity contribution is 6.01. The van der Waals surface area contributed by atoms with Gasteiger partial charge in [0, 0.05) is 23.7 Å². The molecule has 0 saturated carbocycles. The number of amides is 2. The largest absolute Gasteiger partial charge is 0.459 e. The zero-order valence-electron chi connectivity index (χ0n) is 17.3. The van der Waals surface area contributed by atoms with Crippen LogP contribution in [0.1, 0.15) is 47.0 Å². The molecular weight excluding hydrogens is 376 g/mol. The maximum absolute atomic E-state index is 12.9. The second kappa shape index (κ2) is 8.57. The highest BCUT2D eigenvalue weighted by Gasteiger charge is 2.29. The number of nitrogens with one attached hydrogen (secondary N) is 1. The van der Waals surface area contributed by atoms with Gasteiger partial charge in [-0.05, 0) is 29.2 Å². The molecule has 3 aromatic rings. The van der Waals surface area contributed by atoms with Gasteiger partial charge in [-0.15, -0.1) is 0 Å². The van der Waals surface area contributed by atoms with E-state index in [4.69, 9.17) is 4.42 Å². The van der Waals surface area contributed by atoms with Crippen molar-refractivity contribution in [1.82, 2.24) is 5.32 Å². The number of rotatable bonds is 7. The molecule has 1 unspecified atom stereocenters. The number of fused-ring (bicyclic) bond motifs is 1. The monoisotopic (exact) mass is 402 g/mol. The van der Waals surface area contributed by atoms with Crippen LogP contribution in [0.15, 0.2) is 71.3 Å². The summed E-state index contributed by atoms with van der Waals surface area (Å²) in [7, 11) is 0. The first-order valence-corrected chi connectivity index (χ1v) is 10.3. The van der Waals surface area contributed by atoms with Crippen LogP contribution >= 0.6 is 0 Å². The van der Waals surface area contributed by atoms with E-state index in [1.54, 1.807) is 11.0 Å². The van der Waals surface area contributed by atoms with Crippen molar-refractivity contribution in [3.8, 4) is 0 Å². The van der Waals surface area contributed by atoms with Gasteiger partial charge in [0.05, 0.1) is 19.2 Å². The molecule has 1 N–H and O–H groups in total. The van der Waals surface area contributed by atoms with Crippen molar-refractivity contribution in [2.75, 3.05) is 11.4 Å².